The molecule has 3 aromatic rings. The van der Waals surface area contributed by atoms with Gasteiger partial charge in [-0.25, -0.2) is 0 Å². The molecule has 1 unspecified atom stereocenters. The van der Waals surface area contributed by atoms with E-state index in [-0.39, 0.29) is 11.9 Å². The number of aromatic nitrogens is 3. The maximum atomic E-state index is 12.7. The molecule has 132 valence electrons. The fraction of sp³-hybridized carbons (Fsp3) is 0.263. The number of carbonyl (C=O) groups excluding carboxylic acids is 1. The normalized spacial score (nSPS) is 16.7. The van der Waals surface area contributed by atoms with Gasteiger partial charge in [0.25, 0.3) is 5.91 Å². The van der Waals surface area contributed by atoms with Crippen LogP contribution in [-0.2, 0) is 0 Å². The molecule has 1 atom stereocenters. The maximum absolute atomic E-state index is 12.7. The first kappa shape index (κ1) is 16.3. The van der Waals surface area contributed by atoms with E-state index in [4.69, 9.17) is 9.26 Å². The minimum Gasteiger partial charge on any atom is -0.497 e. The van der Waals surface area contributed by atoms with Crippen molar-refractivity contribution in [3.05, 3.63) is 60.2 Å². The highest BCUT2D eigenvalue weighted by Crippen LogP contribution is 2.33. The van der Waals surface area contributed by atoms with Gasteiger partial charge in [-0.05, 0) is 37.1 Å². The summed E-state index contributed by atoms with van der Waals surface area (Å²) in [5, 5.41) is 4.08. The second-order valence-corrected chi connectivity index (χ2v) is 6.06. The van der Waals surface area contributed by atoms with Gasteiger partial charge >= 0.3 is 0 Å². The predicted octanol–water partition coefficient (Wildman–Crippen LogP) is 3.12. The molecule has 3 heterocycles. The van der Waals surface area contributed by atoms with E-state index in [1.807, 2.05) is 24.3 Å². The number of methoxy groups -OCH3 is 1. The fourth-order valence-electron chi connectivity index (χ4n) is 3.15. The number of nitrogens with zero attached hydrogens (tertiary/aromatic N) is 4. The molecule has 2 aromatic heterocycles. The van der Waals surface area contributed by atoms with Crippen LogP contribution < -0.4 is 4.74 Å². The van der Waals surface area contributed by atoms with Crippen LogP contribution in [0.3, 0.4) is 0 Å². The molecule has 0 aliphatic carbocycles. The molecule has 1 amide bonds. The molecular formula is C19H18N4O3. The zero-order valence-electron chi connectivity index (χ0n) is 14.3. The summed E-state index contributed by atoms with van der Waals surface area (Å²) in [7, 11) is 1.61. The number of hydrogen-bond acceptors (Lipinski definition) is 6. The van der Waals surface area contributed by atoms with Crippen LogP contribution in [0.25, 0.3) is 11.4 Å². The summed E-state index contributed by atoms with van der Waals surface area (Å²) in [6.45, 7) is 0.650. The minimum atomic E-state index is -0.226. The third kappa shape index (κ3) is 3.03. The highest BCUT2D eigenvalue weighted by molar-refractivity contribution is 5.92. The molecule has 26 heavy (non-hydrogen) atoms. The fourth-order valence-corrected chi connectivity index (χ4v) is 3.15. The maximum Gasteiger partial charge on any atom is 0.273 e. The first-order valence-corrected chi connectivity index (χ1v) is 8.46. The Morgan fingerprint density at radius 1 is 1.27 bits per heavy atom. The zero-order valence-corrected chi connectivity index (χ0v) is 14.3. The van der Waals surface area contributed by atoms with Gasteiger partial charge in [-0.15, -0.1) is 0 Å². The van der Waals surface area contributed by atoms with Gasteiger partial charge in [-0.3, -0.25) is 9.78 Å². The molecule has 4 rings (SSSR count). The summed E-state index contributed by atoms with van der Waals surface area (Å²) in [6, 6.07) is 12.5. The van der Waals surface area contributed by atoms with Gasteiger partial charge in [0.2, 0.25) is 11.7 Å². The molecule has 1 aromatic carbocycles. The Bertz CT molecular complexity index is 910. The van der Waals surface area contributed by atoms with Crippen molar-refractivity contribution in [2.24, 2.45) is 0 Å². The first-order valence-electron chi connectivity index (χ1n) is 8.46. The second kappa shape index (κ2) is 6.95. The number of pyridine rings is 1. The summed E-state index contributed by atoms with van der Waals surface area (Å²) in [6.07, 6.45) is 3.30. The van der Waals surface area contributed by atoms with E-state index in [0.717, 1.165) is 24.2 Å². The SMILES string of the molecule is COc1cccc(-c2noc(C3CCCN3C(=O)c3ccccn3)n2)c1. The number of benzene rings is 1. The average Bonchev–Trinajstić information content (AvgIpc) is 3.37. The third-order valence-electron chi connectivity index (χ3n) is 4.45. The summed E-state index contributed by atoms with van der Waals surface area (Å²) >= 11 is 0. The van der Waals surface area contributed by atoms with Crippen molar-refractivity contribution in [3.63, 3.8) is 0 Å². The number of likely N-dealkylation sites (tertiary alicyclic amines) is 1. The molecular weight excluding hydrogens is 332 g/mol. The summed E-state index contributed by atoms with van der Waals surface area (Å²) in [5.74, 6) is 1.54. The smallest absolute Gasteiger partial charge is 0.273 e. The largest absolute Gasteiger partial charge is 0.497 e. The van der Waals surface area contributed by atoms with E-state index in [1.165, 1.54) is 0 Å². The molecule has 1 aliphatic heterocycles. The molecule has 0 radical (unpaired) electrons. The van der Waals surface area contributed by atoms with E-state index in [2.05, 4.69) is 15.1 Å². The van der Waals surface area contributed by atoms with Crippen molar-refractivity contribution in [1.82, 2.24) is 20.0 Å². The molecule has 0 saturated carbocycles. The van der Waals surface area contributed by atoms with Gasteiger partial charge in [-0.1, -0.05) is 23.4 Å². The standard InChI is InChI=1S/C19H18N4O3/c1-25-14-7-4-6-13(12-14)17-21-18(26-22-17)16-9-5-11-23(16)19(24)15-8-2-3-10-20-15/h2-4,6-8,10,12,16H,5,9,11H2,1H3. The van der Waals surface area contributed by atoms with Gasteiger partial charge in [-0.2, -0.15) is 4.98 Å². The number of amides is 1. The van der Waals surface area contributed by atoms with E-state index >= 15 is 0 Å². The number of hydrogen-bond donors (Lipinski definition) is 0. The molecule has 7 nitrogen and oxygen atoms in total. The van der Waals surface area contributed by atoms with Crippen LogP contribution in [0.15, 0.2) is 53.2 Å². The van der Waals surface area contributed by atoms with E-state index in [0.29, 0.717) is 24.0 Å². The number of ether oxygens (including phenoxy) is 1. The monoisotopic (exact) mass is 350 g/mol. The van der Waals surface area contributed by atoms with Crippen molar-refractivity contribution in [1.29, 1.82) is 0 Å². The lowest BCUT2D eigenvalue weighted by molar-refractivity contribution is 0.0704. The first-order chi connectivity index (χ1) is 12.8. The molecule has 0 spiro atoms. The predicted molar refractivity (Wildman–Crippen MR) is 93.5 cm³/mol. The Balaban J connectivity index is 1.59. The van der Waals surface area contributed by atoms with Crippen molar-refractivity contribution >= 4 is 5.91 Å². The number of carbonyl (C=O) groups is 1. The number of rotatable bonds is 4. The minimum absolute atomic E-state index is 0.116. The highest BCUT2D eigenvalue weighted by atomic mass is 16.5. The van der Waals surface area contributed by atoms with Gasteiger partial charge in [0.15, 0.2) is 0 Å². The highest BCUT2D eigenvalue weighted by Gasteiger charge is 2.35. The van der Waals surface area contributed by atoms with Gasteiger partial charge in [0.1, 0.15) is 17.5 Å². The lowest BCUT2D eigenvalue weighted by Gasteiger charge is -2.21. The van der Waals surface area contributed by atoms with Crippen molar-refractivity contribution in [2.75, 3.05) is 13.7 Å². The average molecular weight is 350 g/mol. The van der Waals surface area contributed by atoms with E-state index < -0.39 is 0 Å². The Morgan fingerprint density at radius 3 is 3.00 bits per heavy atom. The second-order valence-electron chi connectivity index (χ2n) is 6.06. The van der Waals surface area contributed by atoms with Crippen molar-refractivity contribution in [2.45, 2.75) is 18.9 Å². The quantitative estimate of drug-likeness (QED) is 0.719. The summed E-state index contributed by atoms with van der Waals surface area (Å²) in [4.78, 5) is 23.2. The van der Waals surface area contributed by atoms with Crippen LogP contribution >= 0.6 is 0 Å². The lowest BCUT2D eigenvalue weighted by Crippen LogP contribution is -2.31. The van der Waals surface area contributed by atoms with Gasteiger partial charge in [0, 0.05) is 18.3 Å². The Labute approximate surface area is 150 Å². The summed E-state index contributed by atoms with van der Waals surface area (Å²) in [5.41, 5.74) is 1.23. The Hall–Kier alpha value is -3.22. The van der Waals surface area contributed by atoms with Gasteiger partial charge < -0.3 is 14.2 Å². The van der Waals surface area contributed by atoms with Crippen LogP contribution in [0.4, 0.5) is 0 Å². The molecule has 7 heteroatoms. The molecule has 1 saturated heterocycles. The van der Waals surface area contributed by atoms with Crippen LogP contribution in [0.2, 0.25) is 0 Å². The molecule has 0 N–H and O–H groups in total. The molecule has 1 aliphatic rings. The zero-order chi connectivity index (χ0) is 17.9. The van der Waals surface area contributed by atoms with Crippen LogP contribution in [0.5, 0.6) is 5.75 Å². The van der Waals surface area contributed by atoms with E-state index in [9.17, 15) is 4.79 Å². The lowest BCUT2D eigenvalue weighted by atomic mass is 10.2. The van der Waals surface area contributed by atoms with Crippen molar-refractivity contribution in [3.8, 4) is 17.1 Å². The van der Waals surface area contributed by atoms with Crippen LogP contribution in [-0.4, -0.2) is 39.6 Å². The van der Waals surface area contributed by atoms with Crippen LogP contribution in [0, 0.1) is 0 Å². The van der Waals surface area contributed by atoms with Crippen molar-refractivity contribution < 1.29 is 14.1 Å². The van der Waals surface area contributed by atoms with E-state index in [1.54, 1.807) is 36.4 Å². The van der Waals surface area contributed by atoms with Crippen LogP contribution in [0.1, 0.15) is 35.3 Å². The third-order valence-corrected chi connectivity index (χ3v) is 4.45. The summed E-state index contributed by atoms with van der Waals surface area (Å²) < 4.78 is 10.7. The topological polar surface area (TPSA) is 81.4 Å². The van der Waals surface area contributed by atoms with Gasteiger partial charge in [0.05, 0.1) is 7.11 Å². The Morgan fingerprint density at radius 2 is 2.19 bits per heavy atom. The molecule has 1 fully saturated rings. The Kier molecular flexibility index (Phi) is 4.35. The molecule has 0 bridgehead atoms.